The second kappa shape index (κ2) is 9.92. The molecular formula is C19H28BrN3O2. The van der Waals surface area contributed by atoms with Gasteiger partial charge in [0.15, 0.2) is 0 Å². The minimum Gasteiger partial charge on any atom is -0.356 e. The van der Waals surface area contributed by atoms with Crippen molar-refractivity contribution >= 4 is 33.4 Å². The number of carbonyl (C=O) groups excluding carboxylic acids is 2. The van der Waals surface area contributed by atoms with Crippen LogP contribution in [0.15, 0.2) is 28.7 Å². The van der Waals surface area contributed by atoms with E-state index in [1.54, 1.807) is 0 Å². The first-order chi connectivity index (χ1) is 12.0. The first-order valence-electron chi connectivity index (χ1n) is 9.09. The largest absolute Gasteiger partial charge is 0.356 e. The van der Waals surface area contributed by atoms with Crippen LogP contribution >= 0.6 is 15.9 Å². The predicted molar refractivity (Wildman–Crippen MR) is 104 cm³/mol. The quantitative estimate of drug-likeness (QED) is 0.678. The molecule has 0 saturated carbocycles. The molecule has 1 aromatic rings. The van der Waals surface area contributed by atoms with E-state index in [9.17, 15) is 9.59 Å². The maximum absolute atomic E-state index is 12.4. The number of amides is 2. The topological polar surface area (TPSA) is 61.4 Å². The van der Waals surface area contributed by atoms with E-state index in [4.69, 9.17) is 0 Å². The standard InChI is InChI=1S/C19H28BrN3O2/c1-3-4-11-21-19(25)15-9-12-23(13-10-15)14(2)18(24)22-17-7-5-16(20)6-8-17/h5-8,14-15H,3-4,9-13H2,1-2H3,(H,21,25)(H,22,24). The maximum atomic E-state index is 12.4. The number of likely N-dealkylation sites (tertiary alicyclic amines) is 1. The number of benzene rings is 1. The molecule has 1 aliphatic rings. The summed E-state index contributed by atoms with van der Waals surface area (Å²) in [5, 5.41) is 5.97. The van der Waals surface area contributed by atoms with Gasteiger partial charge >= 0.3 is 0 Å². The van der Waals surface area contributed by atoms with Crippen molar-refractivity contribution in [1.82, 2.24) is 10.2 Å². The fraction of sp³-hybridized carbons (Fsp3) is 0.579. The molecule has 2 rings (SSSR count). The van der Waals surface area contributed by atoms with Gasteiger partial charge in [0.2, 0.25) is 11.8 Å². The van der Waals surface area contributed by atoms with Gasteiger partial charge in [0.25, 0.3) is 0 Å². The smallest absolute Gasteiger partial charge is 0.241 e. The molecule has 1 aromatic carbocycles. The van der Waals surface area contributed by atoms with Gasteiger partial charge in [-0.25, -0.2) is 0 Å². The zero-order chi connectivity index (χ0) is 18.2. The van der Waals surface area contributed by atoms with Gasteiger partial charge in [-0.3, -0.25) is 14.5 Å². The number of rotatable bonds is 7. The molecule has 1 fully saturated rings. The number of hydrogen-bond acceptors (Lipinski definition) is 3. The third-order valence-corrected chi connectivity index (χ3v) is 5.30. The maximum Gasteiger partial charge on any atom is 0.241 e. The lowest BCUT2D eigenvalue weighted by molar-refractivity contribution is -0.127. The van der Waals surface area contributed by atoms with Crippen molar-refractivity contribution in [2.75, 3.05) is 25.0 Å². The number of carbonyl (C=O) groups is 2. The zero-order valence-corrected chi connectivity index (χ0v) is 16.6. The molecular weight excluding hydrogens is 382 g/mol. The number of piperidine rings is 1. The van der Waals surface area contributed by atoms with Gasteiger partial charge in [0, 0.05) is 22.6 Å². The Balaban J connectivity index is 1.78. The Morgan fingerprint density at radius 2 is 1.88 bits per heavy atom. The highest BCUT2D eigenvalue weighted by Crippen LogP contribution is 2.20. The fourth-order valence-electron chi connectivity index (χ4n) is 3.03. The van der Waals surface area contributed by atoms with Crippen LogP contribution in [0.2, 0.25) is 0 Å². The number of nitrogens with one attached hydrogen (secondary N) is 2. The van der Waals surface area contributed by atoms with Crippen molar-refractivity contribution in [3.8, 4) is 0 Å². The molecule has 2 N–H and O–H groups in total. The van der Waals surface area contributed by atoms with Crippen molar-refractivity contribution in [1.29, 1.82) is 0 Å². The summed E-state index contributed by atoms with van der Waals surface area (Å²) in [6.45, 7) is 6.37. The number of unbranched alkanes of at least 4 members (excludes halogenated alkanes) is 1. The Kier molecular flexibility index (Phi) is 7.90. The number of anilines is 1. The summed E-state index contributed by atoms with van der Waals surface area (Å²) in [5.41, 5.74) is 0.797. The van der Waals surface area contributed by atoms with Gasteiger partial charge in [-0.05, 0) is 63.5 Å². The molecule has 1 unspecified atom stereocenters. The molecule has 0 aromatic heterocycles. The molecule has 1 aliphatic heterocycles. The minimum atomic E-state index is -0.201. The van der Waals surface area contributed by atoms with Gasteiger partial charge in [-0.2, -0.15) is 0 Å². The van der Waals surface area contributed by atoms with Gasteiger partial charge in [-0.1, -0.05) is 29.3 Å². The van der Waals surface area contributed by atoms with Gasteiger partial charge in [-0.15, -0.1) is 0 Å². The van der Waals surface area contributed by atoms with E-state index in [1.165, 1.54) is 0 Å². The van der Waals surface area contributed by atoms with Crippen LogP contribution in [0, 0.1) is 5.92 Å². The van der Waals surface area contributed by atoms with Crippen LogP contribution in [0.3, 0.4) is 0 Å². The molecule has 2 amide bonds. The van der Waals surface area contributed by atoms with Crippen LogP contribution in [0.5, 0.6) is 0 Å². The Labute approximate surface area is 158 Å². The monoisotopic (exact) mass is 409 g/mol. The molecule has 6 heteroatoms. The lowest BCUT2D eigenvalue weighted by atomic mass is 9.95. The summed E-state index contributed by atoms with van der Waals surface area (Å²) in [6, 6.07) is 7.36. The molecule has 0 spiro atoms. The Morgan fingerprint density at radius 3 is 2.48 bits per heavy atom. The Morgan fingerprint density at radius 1 is 1.24 bits per heavy atom. The van der Waals surface area contributed by atoms with E-state index in [1.807, 2.05) is 31.2 Å². The summed E-state index contributed by atoms with van der Waals surface area (Å²) < 4.78 is 0.984. The first-order valence-corrected chi connectivity index (χ1v) is 9.88. The predicted octanol–water partition coefficient (Wildman–Crippen LogP) is 3.40. The second-order valence-corrected chi connectivity index (χ2v) is 7.54. The van der Waals surface area contributed by atoms with Gasteiger partial charge in [0.1, 0.15) is 0 Å². The van der Waals surface area contributed by atoms with Crippen molar-refractivity contribution in [2.45, 2.75) is 45.6 Å². The summed E-state index contributed by atoms with van der Waals surface area (Å²) in [6.07, 6.45) is 3.74. The number of halogens is 1. The highest BCUT2D eigenvalue weighted by Gasteiger charge is 2.29. The summed E-state index contributed by atoms with van der Waals surface area (Å²) in [5.74, 6) is 0.239. The third kappa shape index (κ3) is 6.12. The Bertz CT molecular complexity index is 569. The second-order valence-electron chi connectivity index (χ2n) is 6.63. The highest BCUT2D eigenvalue weighted by atomic mass is 79.9. The van der Waals surface area contributed by atoms with Crippen LogP contribution in [0.1, 0.15) is 39.5 Å². The molecule has 138 valence electrons. The average molecular weight is 410 g/mol. The third-order valence-electron chi connectivity index (χ3n) is 4.77. The van der Waals surface area contributed by atoms with Crippen molar-refractivity contribution in [3.63, 3.8) is 0 Å². The van der Waals surface area contributed by atoms with E-state index in [-0.39, 0.29) is 23.8 Å². The van der Waals surface area contributed by atoms with Crippen LogP contribution < -0.4 is 10.6 Å². The summed E-state index contributed by atoms with van der Waals surface area (Å²) in [4.78, 5) is 26.7. The lowest BCUT2D eigenvalue weighted by Gasteiger charge is -2.34. The van der Waals surface area contributed by atoms with Crippen LogP contribution in [0.25, 0.3) is 0 Å². The lowest BCUT2D eigenvalue weighted by Crippen LogP contribution is -2.48. The first kappa shape index (κ1) is 19.9. The van der Waals surface area contributed by atoms with Crippen LogP contribution in [0.4, 0.5) is 5.69 Å². The van der Waals surface area contributed by atoms with Crippen molar-refractivity contribution in [3.05, 3.63) is 28.7 Å². The molecule has 5 nitrogen and oxygen atoms in total. The average Bonchev–Trinajstić information content (AvgIpc) is 2.63. The van der Waals surface area contributed by atoms with Gasteiger partial charge in [0.05, 0.1) is 6.04 Å². The fourth-order valence-corrected chi connectivity index (χ4v) is 3.29. The zero-order valence-electron chi connectivity index (χ0n) is 15.1. The van der Waals surface area contributed by atoms with Crippen LogP contribution in [-0.2, 0) is 9.59 Å². The summed E-state index contributed by atoms with van der Waals surface area (Å²) in [7, 11) is 0. The molecule has 25 heavy (non-hydrogen) atoms. The number of hydrogen-bond donors (Lipinski definition) is 2. The van der Waals surface area contributed by atoms with Crippen molar-refractivity contribution < 1.29 is 9.59 Å². The van der Waals surface area contributed by atoms with Crippen LogP contribution in [-0.4, -0.2) is 42.4 Å². The molecule has 0 aliphatic carbocycles. The van der Waals surface area contributed by atoms with E-state index >= 15 is 0 Å². The van der Waals surface area contributed by atoms with E-state index in [2.05, 4.69) is 38.4 Å². The SMILES string of the molecule is CCCCNC(=O)C1CCN(C(C)C(=O)Nc2ccc(Br)cc2)CC1. The van der Waals surface area contributed by atoms with Crippen molar-refractivity contribution in [2.24, 2.45) is 5.92 Å². The normalized spacial score (nSPS) is 17.1. The van der Waals surface area contributed by atoms with E-state index in [0.717, 1.165) is 55.5 Å². The van der Waals surface area contributed by atoms with E-state index < -0.39 is 0 Å². The Hall–Kier alpha value is -1.40. The van der Waals surface area contributed by atoms with Gasteiger partial charge < -0.3 is 10.6 Å². The summed E-state index contributed by atoms with van der Waals surface area (Å²) >= 11 is 3.39. The molecule has 0 bridgehead atoms. The molecule has 1 heterocycles. The number of nitrogens with zero attached hydrogens (tertiary/aromatic N) is 1. The molecule has 0 radical (unpaired) electrons. The molecule has 1 saturated heterocycles. The van der Waals surface area contributed by atoms with E-state index in [0.29, 0.717) is 0 Å². The minimum absolute atomic E-state index is 0.00632. The highest BCUT2D eigenvalue weighted by molar-refractivity contribution is 9.10. The molecule has 1 atom stereocenters.